The second-order valence-electron chi connectivity index (χ2n) is 3.85. The highest BCUT2D eigenvalue weighted by atomic mass is 32.2. The van der Waals surface area contributed by atoms with E-state index in [9.17, 15) is 13.5 Å². The van der Waals surface area contributed by atoms with E-state index in [-0.39, 0.29) is 11.6 Å². The molecule has 1 aromatic heterocycles. The Morgan fingerprint density at radius 2 is 2.44 bits per heavy atom. The molecule has 2 N–H and O–H groups in total. The lowest BCUT2D eigenvalue weighted by Crippen LogP contribution is -2.30. The summed E-state index contributed by atoms with van der Waals surface area (Å²) in [6.45, 7) is 2.43. The Morgan fingerprint density at radius 3 is 2.94 bits per heavy atom. The molecule has 1 fully saturated rings. The fraction of sp³-hybridized carbons (Fsp3) is 0.667. The molecule has 2 rings (SSSR count). The predicted octanol–water partition coefficient (Wildman–Crippen LogP) is -0.273. The Kier molecular flexibility index (Phi) is 3.00. The van der Waals surface area contributed by atoms with Gasteiger partial charge >= 0.3 is 0 Å². The molecule has 0 aliphatic carbocycles. The first kappa shape index (κ1) is 11.6. The van der Waals surface area contributed by atoms with E-state index in [2.05, 4.69) is 9.97 Å². The predicted molar refractivity (Wildman–Crippen MR) is 57.3 cm³/mol. The van der Waals surface area contributed by atoms with Gasteiger partial charge in [-0.25, -0.2) is 13.4 Å². The summed E-state index contributed by atoms with van der Waals surface area (Å²) in [5, 5.41) is 9.44. The van der Waals surface area contributed by atoms with Gasteiger partial charge in [-0.3, -0.25) is 0 Å². The first-order valence-corrected chi connectivity index (χ1v) is 6.70. The van der Waals surface area contributed by atoms with Crippen molar-refractivity contribution in [3.63, 3.8) is 0 Å². The summed E-state index contributed by atoms with van der Waals surface area (Å²) < 4.78 is 25.4. The van der Waals surface area contributed by atoms with Crippen LogP contribution in [0.25, 0.3) is 0 Å². The number of H-pyrrole nitrogens is 1. The first-order valence-electron chi connectivity index (χ1n) is 5.26. The van der Waals surface area contributed by atoms with E-state index < -0.39 is 16.1 Å². The molecule has 0 amide bonds. The topological polar surface area (TPSA) is 86.3 Å². The van der Waals surface area contributed by atoms with Crippen molar-refractivity contribution in [1.29, 1.82) is 0 Å². The van der Waals surface area contributed by atoms with E-state index in [1.807, 2.05) is 6.92 Å². The van der Waals surface area contributed by atoms with Crippen molar-refractivity contribution < 1.29 is 13.5 Å². The third kappa shape index (κ3) is 1.98. The number of rotatable bonds is 3. The van der Waals surface area contributed by atoms with Crippen LogP contribution >= 0.6 is 0 Å². The number of aryl methyl sites for hydroxylation is 1. The maximum Gasteiger partial charge on any atom is 0.260 e. The van der Waals surface area contributed by atoms with Crippen LogP contribution in [0.4, 0.5) is 0 Å². The lowest BCUT2D eigenvalue weighted by molar-refractivity contribution is 0.189. The highest BCUT2D eigenvalue weighted by Crippen LogP contribution is 2.19. The second kappa shape index (κ2) is 4.15. The molecule has 1 aliphatic heterocycles. The minimum atomic E-state index is -3.51. The molecule has 0 bridgehead atoms. The molecule has 1 aliphatic rings. The lowest BCUT2D eigenvalue weighted by atomic mass is 10.3. The number of hydrogen-bond acceptors (Lipinski definition) is 4. The smallest absolute Gasteiger partial charge is 0.260 e. The molecule has 0 unspecified atom stereocenters. The van der Waals surface area contributed by atoms with Gasteiger partial charge in [0.1, 0.15) is 5.82 Å². The molecule has 1 atom stereocenters. The van der Waals surface area contributed by atoms with Crippen LogP contribution in [0.3, 0.4) is 0 Å². The maximum absolute atomic E-state index is 12.1. The van der Waals surface area contributed by atoms with Crippen LogP contribution in [0.2, 0.25) is 0 Å². The summed E-state index contributed by atoms with van der Waals surface area (Å²) in [6.07, 6.45) is 1.94. The summed E-state index contributed by atoms with van der Waals surface area (Å²) in [5.74, 6) is 0.651. The zero-order valence-electron chi connectivity index (χ0n) is 9.05. The van der Waals surface area contributed by atoms with Crippen molar-refractivity contribution in [1.82, 2.24) is 14.3 Å². The van der Waals surface area contributed by atoms with E-state index in [0.29, 0.717) is 25.2 Å². The minimum Gasteiger partial charge on any atom is -0.392 e. The lowest BCUT2D eigenvalue weighted by Gasteiger charge is -2.13. The molecule has 0 saturated carbocycles. The van der Waals surface area contributed by atoms with Gasteiger partial charge in [-0.05, 0) is 6.42 Å². The first-order chi connectivity index (χ1) is 7.54. The molecule has 2 heterocycles. The number of β-amino-alcohol motifs (C(OH)–C–C–N with tert-alkyl or cyclic N) is 1. The van der Waals surface area contributed by atoms with Crippen LogP contribution in [-0.4, -0.2) is 47.0 Å². The molecule has 1 saturated heterocycles. The SMILES string of the molecule is CCc1ncc(S(=O)(=O)N2CC[C@H](O)C2)[nH]1. The number of nitrogens with zero attached hydrogens (tertiary/aromatic N) is 2. The number of aromatic amines is 1. The van der Waals surface area contributed by atoms with E-state index >= 15 is 0 Å². The van der Waals surface area contributed by atoms with Gasteiger partial charge in [-0.1, -0.05) is 6.92 Å². The third-order valence-electron chi connectivity index (χ3n) is 2.68. The van der Waals surface area contributed by atoms with Gasteiger partial charge in [0.05, 0.1) is 12.3 Å². The van der Waals surface area contributed by atoms with Crippen molar-refractivity contribution in [3.05, 3.63) is 12.0 Å². The molecule has 90 valence electrons. The van der Waals surface area contributed by atoms with Crippen molar-refractivity contribution in [2.45, 2.75) is 30.9 Å². The number of aliphatic hydroxyl groups excluding tert-OH is 1. The average molecular weight is 245 g/mol. The zero-order valence-corrected chi connectivity index (χ0v) is 9.87. The largest absolute Gasteiger partial charge is 0.392 e. The van der Waals surface area contributed by atoms with Crippen LogP contribution < -0.4 is 0 Å². The summed E-state index contributed by atoms with van der Waals surface area (Å²) in [7, 11) is -3.51. The van der Waals surface area contributed by atoms with Gasteiger partial charge in [-0.15, -0.1) is 0 Å². The van der Waals surface area contributed by atoms with Gasteiger partial charge in [-0.2, -0.15) is 4.31 Å². The zero-order chi connectivity index (χ0) is 11.8. The second-order valence-corrected chi connectivity index (χ2v) is 5.76. The van der Waals surface area contributed by atoms with E-state index in [1.165, 1.54) is 10.5 Å². The molecule has 6 nitrogen and oxygen atoms in total. The molecular weight excluding hydrogens is 230 g/mol. The summed E-state index contributed by atoms with van der Waals surface area (Å²) >= 11 is 0. The van der Waals surface area contributed by atoms with Crippen LogP contribution in [0.15, 0.2) is 11.2 Å². The molecule has 1 aromatic rings. The fourth-order valence-corrected chi connectivity index (χ4v) is 3.15. The van der Waals surface area contributed by atoms with Crippen LogP contribution in [0.5, 0.6) is 0 Å². The van der Waals surface area contributed by atoms with Gasteiger partial charge in [0, 0.05) is 19.5 Å². The van der Waals surface area contributed by atoms with Gasteiger partial charge in [0.2, 0.25) is 0 Å². The average Bonchev–Trinajstić information content (AvgIpc) is 2.85. The monoisotopic (exact) mass is 245 g/mol. The molecule has 16 heavy (non-hydrogen) atoms. The van der Waals surface area contributed by atoms with E-state index in [4.69, 9.17) is 0 Å². The molecule has 0 spiro atoms. The fourth-order valence-electron chi connectivity index (χ4n) is 1.72. The molecule has 7 heteroatoms. The highest BCUT2D eigenvalue weighted by Gasteiger charge is 2.32. The number of nitrogens with one attached hydrogen (secondary N) is 1. The normalized spacial score (nSPS) is 22.8. The van der Waals surface area contributed by atoms with Crippen molar-refractivity contribution in [2.75, 3.05) is 13.1 Å². The van der Waals surface area contributed by atoms with Gasteiger partial charge in [0.15, 0.2) is 5.03 Å². The van der Waals surface area contributed by atoms with Gasteiger partial charge in [0.25, 0.3) is 10.0 Å². The Labute approximate surface area is 94.4 Å². The van der Waals surface area contributed by atoms with E-state index in [0.717, 1.165) is 0 Å². The van der Waals surface area contributed by atoms with Gasteiger partial charge < -0.3 is 10.1 Å². The van der Waals surface area contributed by atoms with Crippen molar-refractivity contribution >= 4 is 10.0 Å². The van der Waals surface area contributed by atoms with Crippen molar-refractivity contribution in [3.8, 4) is 0 Å². The number of aromatic nitrogens is 2. The third-order valence-corrected chi connectivity index (χ3v) is 4.46. The van der Waals surface area contributed by atoms with Crippen LogP contribution in [0.1, 0.15) is 19.2 Å². The summed E-state index contributed by atoms with van der Waals surface area (Å²) in [5.41, 5.74) is 0. The standard InChI is InChI=1S/C9H15N3O3S/c1-2-8-10-5-9(11-8)16(14,15)12-4-3-7(13)6-12/h5,7,13H,2-4,6H2,1H3,(H,10,11)/t7-/m0/s1. The Bertz CT molecular complexity index is 468. The molecule has 0 aromatic carbocycles. The van der Waals surface area contributed by atoms with Crippen molar-refractivity contribution in [2.24, 2.45) is 0 Å². The minimum absolute atomic E-state index is 0.110. The number of imidazole rings is 1. The summed E-state index contributed by atoms with van der Waals surface area (Å²) in [6, 6.07) is 0. The van der Waals surface area contributed by atoms with E-state index in [1.54, 1.807) is 0 Å². The number of sulfonamides is 1. The van der Waals surface area contributed by atoms with Crippen LogP contribution in [0, 0.1) is 0 Å². The van der Waals surface area contributed by atoms with Crippen LogP contribution in [-0.2, 0) is 16.4 Å². The quantitative estimate of drug-likeness (QED) is 0.767. The Balaban J connectivity index is 2.25. The molecule has 0 radical (unpaired) electrons. The number of aliphatic hydroxyl groups is 1. The molecular formula is C9H15N3O3S. The highest BCUT2D eigenvalue weighted by molar-refractivity contribution is 7.89. The Morgan fingerprint density at radius 1 is 1.69 bits per heavy atom. The number of hydrogen-bond donors (Lipinski definition) is 2. The Hall–Kier alpha value is -0.920. The summed E-state index contributed by atoms with van der Waals surface area (Å²) in [4.78, 5) is 6.74. The maximum atomic E-state index is 12.1.